The van der Waals surface area contributed by atoms with E-state index in [-0.39, 0.29) is 11.2 Å². The third-order valence-electron chi connectivity index (χ3n) is 7.14. The van der Waals surface area contributed by atoms with Gasteiger partial charge in [-0.3, -0.25) is 4.79 Å². The first-order valence-electron chi connectivity index (χ1n) is 8.79. The molecule has 122 valence electrons. The van der Waals surface area contributed by atoms with E-state index in [0.717, 1.165) is 44.9 Å². The highest BCUT2D eigenvalue weighted by Crippen LogP contribution is 2.63. The van der Waals surface area contributed by atoms with Gasteiger partial charge in [0, 0.05) is 17.2 Å². The van der Waals surface area contributed by atoms with Gasteiger partial charge in [-0.05, 0) is 85.6 Å². The predicted molar refractivity (Wildman–Crippen MR) is 90.7 cm³/mol. The summed E-state index contributed by atoms with van der Waals surface area (Å²) in [4.78, 5) is 11.7. The van der Waals surface area contributed by atoms with Crippen molar-refractivity contribution in [3.8, 4) is 11.3 Å². The van der Waals surface area contributed by atoms with Crippen molar-refractivity contribution in [2.75, 3.05) is 0 Å². The first-order chi connectivity index (χ1) is 11.0. The van der Waals surface area contributed by atoms with Crippen LogP contribution in [0.1, 0.15) is 58.3 Å². The third kappa shape index (κ3) is 2.10. The fraction of sp³-hybridized carbons (Fsp3) is 0.650. The van der Waals surface area contributed by atoms with Crippen LogP contribution in [-0.4, -0.2) is 16.5 Å². The number of hydrogen-bond donors (Lipinski definition) is 1. The summed E-state index contributed by atoms with van der Waals surface area (Å²) in [6.07, 6.45) is 9.36. The van der Waals surface area contributed by atoms with Crippen molar-refractivity contribution in [2.45, 2.75) is 63.9 Å². The zero-order valence-corrected chi connectivity index (χ0v) is 14.4. The molecule has 4 atom stereocenters. The minimum absolute atomic E-state index is 0.157. The van der Waals surface area contributed by atoms with Crippen molar-refractivity contribution < 1.29 is 9.90 Å². The van der Waals surface area contributed by atoms with Crippen LogP contribution >= 0.6 is 11.6 Å². The van der Waals surface area contributed by atoms with Crippen molar-refractivity contribution in [3.05, 3.63) is 22.8 Å². The van der Waals surface area contributed by atoms with E-state index in [1.807, 2.05) is 6.08 Å². The molecule has 0 aromatic carbocycles. The lowest BCUT2D eigenvalue weighted by Crippen LogP contribution is -2.49. The summed E-state index contributed by atoms with van der Waals surface area (Å²) in [6, 6.07) is 0. The van der Waals surface area contributed by atoms with Gasteiger partial charge < -0.3 is 5.11 Å². The molecule has 4 rings (SSSR count). The van der Waals surface area contributed by atoms with Crippen LogP contribution < -0.4 is 0 Å². The molecule has 0 aromatic rings. The summed E-state index contributed by atoms with van der Waals surface area (Å²) in [6.45, 7) is 2.21. The summed E-state index contributed by atoms with van der Waals surface area (Å²) in [7, 11) is 0. The van der Waals surface area contributed by atoms with Crippen LogP contribution in [0.25, 0.3) is 0 Å². The maximum absolute atomic E-state index is 11.7. The van der Waals surface area contributed by atoms with Crippen molar-refractivity contribution >= 4 is 17.4 Å². The van der Waals surface area contributed by atoms with Crippen LogP contribution in [0.2, 0.25) is 0 Å². The molecule has 0 radical (unpaired) electrons. The number of carbonyl (C=O) groups is 1. The Morgan fingerprint density at radius 1 is 1.22 bits per heavy atom. The number of carbonyl (C=O) groups excluding carboxylic acids is 1. The molecule has 1 N–H and O–H groups in total. The smallest absolute Gasteiger partial charge is 0.156 e. The molecule has 3 heteroatoms. The highest BCUT2D eigenvalue weighted by molar-refractivity contribution is 6.30. The standard InChI is InChI=1S/C20H23ClO2/c1-19-8-6-16-15-5-3-14(22)12-13(15)2-4-17(16)18(19)7-9-20(19,23)10-11-21/h12,17-18,23H,2-9H2,1H3/t17?,18?,19-,20+/m0/s1. The Balaban J connectivity index is 1.74. The molecule has 0 heterocycles. The van der Waals surface area contributed by atoms with Gasteiger partial charge in [-0.15, -0.1) is 0 Å². The van der Waals surface area contributed by atoms with E-state index >= 15 is 0 Å². The lowest BCUT2D eigenvalue weighted by atomic mass is 9.55. The average molecular weight is 331 g/mol. The van der Waals surface area contributed by atoms with Gasteiger partial charge in [-0.2, -0.15) is 0 Å². The SMILES string of the molecule is C[C@]12CCC3=C4CCC(=O)C=C4CCC3C1CC[C@@]2(O)C#CCl. The Labute approximate surface area is 143 Å². The molecule has 0 bridgehead atoms. The van der Waals surface area contributed by atoms with Gasteiger partial charge in [-0.1, -0.05) is 18.4 Å². The van der Waals surface area contributed by atoms with Gasteiger partial charge in [0.2, 0.25) is 0 Å². The zero-order valence-electron chi connectivity index (χ0n) is 13.6. The topological polar surface area (TPSA) is 37.3 Å². The summed E-state index contributed by atoms with van der Waals surface area (Å²) in [5, 5.41) is 13.5. The van der Waals surface area contributed by atoms with Crippen LogP contribution in [0, 0.1) is 28.6 Å². The maximum atomic E-state index is 11.7. The van der Waals surface area contributed by atoms with Gasteiger partial charge in [0.05, 0.1) is 0 Å². The molecular formula is C20H23ClO2. The molecule has 2 nitrogen and oxygen atoms in total. The Morgan fingerprint density at radius 3 is 2.83 bits per heavy atom. The number of fused-ring (bicyclic) bond motifs is 4. The first-order valence-corrected chi connectivity index (χ1v) is 9.17. The predicted octanol–water partition coefficient (Wildman–Crippen LogP) is 4.12. The number of ketones is 1. The van der Waals surface area contributed by atoms with E-state index in [9.17, 15) is 9.90 Å². The first kappa shape index (κ1) is 15.5. The van der Waals surface area contributed by atoms with E-state index in [4.69, 9.17) is 11.6 Å². The van der Waals surface area contributed by atoms with Gasteiger partial charge in [0.1, 0.15) is 5.60 Å². The molecular weight excluding hydrogens is 308 g/mol. The molecule has 2 fully saturated rings. The minimum atomic E-state index is -0.936. The molecule has 2 saturated carbocycles. The van der Waals surface area contributed by atoms with Crippen LogP contribution in [0.15, 0.2) is 22.8 Å². The zero-order chi connectivity index (χ0) is 16.2. The van der Waals surface area contributed by atoms with E-state index in [1.54, 1.807) is 5.57 Å². The van der Waals surface area contributed by atoms with Crippen molar-refractivity contribution in [2.24, 2.45) is 17.3 Å². The monoisotopic (exact) mass is 330 g/mol. The van der Waals surface area contributed by atoms with Gasteiger partial charge in [0.25, 0.3) is 0 Å². The van der Waals surface area contributed by atoms with Crippen molar-refractivity contribution in [1.82, 2.24) is 0 Å². The van der Waals surface area contributed by atoms with Crippen LogP contribution in [0.5, 0.6) is 0 Å². The molecule has 23 heavy (non-hydrogen) atoms. The average Bonchev–Trinajstić information content (AvgIpc) is 2.79. The molecule has 2 unspecified atom stereocenters. The van der Waals surface area contributed by atoms with E-state index in [1.165, 1.54) is 11.1 Å². The van der Waals surface area contributed by atoms with Gasteiger partial charge in [0.15, 0.2) is 5.78 Å². The summed E-state index contributed by atoms with van der Waals surface area (Å²) in [5.74, 6) is 4.25. The van der Waals surface area contributed by atoms with Gasteiger partial charge in [-0.25, -0.2) is 0 Å². The van der Waals surface area contributed by atoms with E-state index in [0.29, 0.717) is 18.3 Å². The summed E-state index contributed by atoms with van der Waals surface area (Å²) in [5.41, 5.74) is 3.26. The second kappa shape index (κ2) is 5.23. The van der Waals surface area contributed by atoms with E-state index in [2.05, 4.69) is 18.2 Å². The van der Waals surface area contributed by atoms with E-state index < -0.39 is 5.60 Å². The quantitative estimate of drug-likeness (QED) is 0.678. The van der Waals surface area contributed by atoms with Crippen LogP contribution in [0.4, 0.5) is 0 Å². The molecule has 0 amide bonds. The lowest BCUT2D eigenvalue weighted by Gasteiger charge is -2.50. The lowest BCUT2D eigenvalue weighted by molar-refractivity contribution is -0.114. The molecule has 0 aromatic heterocycles. The van der Waals surface area contributed by atoms with Crippen LogP contribution in [0.3, 0.4) is 0 Å². The molecule has 4 aliphatic carbocycles. The Hall–Kier alpha value is -1.04. The minimum Gasteiger partial charge on any atom is -0.377 e. The fourth-order valence-corrected chi connectivity index (χ4v) is 5.99. The Morgan fingerprint density at radius 2 is 2.04 bits per heavy atom. The second-order valence-electron chi connectivity index (χ2n) is 7.93. The largest absolute Gasteiger partial charge is 0.377 e. The third-order valence-corrected chi connectivity index (χ3v) is 7.23. The molecule has 0 saturated heterocycles. The number of allylic oxidation sites excluding steroid dienone is 4. The normalized spacial score (nSPS) is 42.2. The van der Waals surface area contributed by atoms with Crippen molar-refractivity contribution in [3.63, 3.8) is 0 Å². The number of hydrogen-bond acceptors (Lipinski definition) is 2. The highest BCUT2D eigenvalue weighted by atomic mass is 35.5. The number of halogens is 1. The number of aliphatic hydroxyl groups is 1. The van der Waals surface area contributed by atoms with Crippen molar-refractivity contribution in [1.29, 1.82) is 0 Å². The Kier molecular flexibility index (Phi) is 3.52. The molecule has 0 spiro atoms. The second-order valence-corrected chi connectivity index (χ2v) is 8.12. The number of rotatable bonds is 0. The summed E-state index contributed by atoms with van der Waals surface area (Å²) < 4.78 is 0. The van der Waals surface area contributed by atoms with Gasteiger partial charge >= 0.3 is 0 Å². The fourth-order valence-electron chi connectivity index (χ4n) is 5.83. The Bertz CT molecular complexity index is 692. The summed E-state index contributed by atoms with van der Waals surface area (Å²) >= 11 is 5.64. The molecule has 0 aliphatic heterocycles. The maximum Gasteiger partial charge on any atom is 0.156 e. The molecule has 4 aliphatic rings. The van der Waals surface area contributed by atoms with Crippen LogP contribution in [-0.2, 0) is 4.79 Å². The highest BCUT2D eigenvalue weighted by Gasteiger charge is 2.60.